The number of nitrogens with zero attached hydrogens (tertiary/aromatic N) is 1. The van der Waals surface area contributed by atoms with Gasteiger partial charge in [0.2, 0.25) is 10.0 Å². The largest absolute Gasteiger partial charge is 0.380 e. The lowest BCUT2D eigenvalue weighted by Crippen LogP contribution is -2.38. The third-order valence-electron chi connectivity index (χ3n) is 3.29. The number of hydrogen-bond acceptors (Lipinski definition) is 4. The van der Waals surface area contributed by atoms with E-state index in [1.54, 1.807) is 19.2 Å². The molecule has 0 saturated heterocycles. The fourth-order valence-corrected chi connectivity index (χ4v) is 2.49. The fourth-order valence-electron chi connectivity index (χ4n) is 1.90. The molecule has 0 heterocycles. The van der Waals surface area contributed by atoms with Crippen molar-refractivity contribution in [2.24, 2.45) is 16.0 Å². The van der Waals surface area contributed by atoms with Gasteiger partial charge in [-0.3, -0.25) is 4.99 Å². The van der Waals surface area contributed by atoms with Crippen LogP contribution in [0.15, 0.2) is 34.2 Å². The van der Waals surface area contributed by atoms with E-state index in [1.807, 2.05) is 6.07 Å². The highest BCUT2D eigenvalue weighted by Gasteiger charge is 2.08. The van der Waals surface area contributed by atoms with Crippen molar-refractivity contribution in [1.82, 2.24) is 10.6 Å². The third-order valence-corrected chi connectivity index (χ3v) is 4.20. The summed E-state index contributed by atoms with van der Waals surface area (Å²) >= 11 is 0. The first-order chi connectivity index (χ1) is 11.3. The van der Waals surface area contributed by atoms with E-state index < -0.39 is 10.0 Å². The zero-order chi connectivity index (χ0) is 18.0. The highest BCUT2D eigenvalue weighted by molar-refractivity contribution is 14.0. The van der Waals surface area contributed by atoms with Crippen LogP contribution in [-0.4, -0.2) is 41.2 Å². The van der Waals surface area contributed by atoms with Crippen molar-refractivity contribution >= 4 is 40.0 Å². The number of halogens is 1. The molecular formula is C16H29IN4O3S. The van der Waals surface area contributed by atoms with Crippen LogP contribution in [0.1, 0.15) is 25.8 Å². The Morgan fingerprint density at radius 2 is 2.00 bits per heavy atom. The van der Waals surface area contributed by atoms with E-state index in [-0.39, 0.29) is 28.9 Å². The molecule has 0 spiro atoms. The number of hydrogen-bond donors (Lipinski definition) is 3. The Morgan fingerprint density at radius 3 is 2.60 bits per heavy atom. The molecular weight excluding hydrogens is 455 g/mol. The molecule has 0 amide bonds. The molecule has 1 aromatic rings. The fraction of sp³-hybridized carbons (Fsp3) is 0.562. The van der Waals surface area contributed by atoms with Gasteiger partial charge in [0.15, 0.2) is 5.96 Å². The Labute approximate surface area is 167 Å². The van der Waals surface area contributed by atoms with E-state index in [2.05, 4.69) is 29.5 Å². The lowest BCUT2D eigenvalue weighted by Gasteiger charge is -2.13. The molecule has 1 rings (SSSR count). The van der Waals surface area contributed by atoms with Gasteiger partial charge < -0.3 is 15.4 Å². The number of primary sulfonamides is 1. The standard InChI is InChI=1S/C16H28N4O3S.HI/c1-13(2)7-9-23-10-8-19-16(18-3)20-12-14-5-4-6-15(11-14)24(17,21)22;/h4-6,11,13H,7-10,12H2,1-3H3,(H2,17,21,22)(H2,18,19,20);1H. The monoisotopic (exact) mass is 484 g/mol. The van der Waals surface area contributed by atoms with Gasteiger partial charge in [0.25, 0.3) is 0 Å². The summed E-state index contributed by atoms with van der Waals surface area (Å²) in [5.41, 5.74) is 0.803. The van der Waals surface area contributed by atoms with Gasteiger partial charge in [-0.25, -0.2) is 13.6 Å². The topological polar surface area (TPSA) is 106 Å². The molecule has 25 heavy (non-hydrogen) atoms. The average Bonchev–Trinajstić information content (AvgIpc) is 2.52. The van der Waals surface area contributed by atoms with Gasteiger partial charge in [0.1, 0.15) is 0 Å². The van der Waals surface area contributed by atoms with Gasteiger partial charge in [0.05, 0.1) is 11.5 Å². The first-order valence-electron chi connectivity index (χ1n) is 7.97. The summed E-state index contributed by atoms with van der Waals surface area (Å²) in [4.78, 5) is 4.22. The minimum absolute atomic E-state index is 0. The van der Waals surface area contributed by atoms with Crippen LogP contribution in [0.4, 0.5) is 0 Å². The van der Waals surface area contributed by atoms with Gasteiger partial charge in [-0.05, 0) is 30.0 Å². The van der Waals surface area contributed by atoms with Crippen LogP contribution in [-0.2, 0) is 21.3 Å². The van der Waals surface area contributed by atoms with Crippen LogP contribution in [0.3, 0.4) is 0 Å². The van der Waals surface area contributed by atoms with Crippen LogP contribution in [0, 0.1) is 5.92 Å². The first kappa shape index (κ1) is 24.1. The highest BCUT2D eigenvalue weighted by atomic mass is 127. The number of guanidine groups is 1. The van der Waals surface area contributed by atoms with Gasteiger partial charge in [0, 0.05) is 26.7 Å². The van der Waals surface area contributed by atoms with Crippen LogP contribution in [0.2, 0.25) is 0 Å². The highest BCUT2D eigenvalue weighted by Crippen LogP contribution is 2.09. The van der Waals surface area contributed by atoms with Gasteiger partial charge in [-0.1, -0.05) is 26.0 Å². The number of ether oxygens (including phenoxy) is 1. The third kappa shape index (κ3) is 10.6. The lowest BCUT2D eigenvalue weighted by molar-refractivity contribution is 0.128. The van der Waals surface area contributed by atoms with Crippen molar-refractivity contribution in [2.45, 2.75) is 31.7 Å². The molecule has 0 radical (unpaired) electrons. The molecule has 0 bridgehead atoms. The number of sulfonamides is 1. The molecule has 0 aliphatic carbocycles. The van der Waals surface area contributed by atoms with Crippen molar-refractivity contribution in [3.8, 4) is 0 Å². The minimum atomic E-state index is -3.69. The molecule has 1 aromatic carbocycles. The Hall–Kier alpha value is -0.910. The van der Waals surface area contributed by atoms with Gasteiger partial charge in [-0.15, -0.1) is 24.0 Å². The molecule has 4 N–H and O–H groups in total. The van der Waals surface area contributed by atoms with E-state index in [0.29, 0.717) is 31.6 Å². The van der Waals surface area contributed by atoms with Crippen molar-refractivity contribution in [3.63, 3.8) is 0 Å². The normalized spacial score (nSPS) is 12.0. The van der Waals surface area contributed by atoms with E-state index in [4.69, 9.17) is 9.88 Å². The number of nitrogens with two attached hydrogens (primary N) is 1. The van der Waals surface area contributed by atoms with Crippen molar-refractivity contribution in [2.75, 3.05) is 26.8 Å². The van der Waals surface area contributed by atoms with Gasteiger partial charge >= 0.3 is 0 Å². The summed E-state index contributed by atoms with van der Waals surface area (Å²) in [6.07, 6.45) is 1.05. The summed E-state index contributed by atoms with van der Waals surface area (Å²) < 4.78 is 28.2. The molecule has 0 fully saturated rings. The van der Waals surface area contributed by atoms with Crippen LogP contribution >= 0.6 is 24.0 Å². The Bertz CT molecular complexity index is 636. The molecule has 7 nitrogen and oxygen atoms in total. The molecule has 0 aromatic heterocycles. The number of rotatable bonds is 9. The molecule has 0 aliphatic heterocycles. The average molecular weight is 484 g/mol. The predicted octanol–water partition coefficient (Wildman–Crippen LogP) is 1.68. The lowest BCUT2D eigenvalue weighted by atomic mass is 10.1. The van der Waals surface area contributed by atoms with Gasteiger partial charge in [-0.2, -0.15) is 0 Å². The van der Waals surface area contributed by atoms with E-state index in [1.165, 1.54) is 6.07 Å². The van der Waals surface area contributed by atoms with Crippen LogP contribution < -0.4 is 15.8 Å². The zero-order valence-electron chi connectivity index (χ0n) is 15.0. The second-order valence-electron chi connectivity index (χ2n) is 5.84. The molecule has 144 valence electrons. The second kappa shape index (κ2) is 12.4. The van der Waals surface area contributed by atoms with Crippen LogP contribution in [0.5, 0.6) is 0 Å². The second-order valence-corrected chi connectivity index (χ2v) is 7.40. The zero-order valence-corrected chi connectivity index (χ0v) is 18.1. The maximum absolute atomic E-state index is 11.4. The number of aliphatic imine (C=N–C) groups is 1. The number of nitrogens with one attached hydrogen (secondary N) is 2. The first-order valence-corrected chi connectivity index (χ1v) is 9.51. The summed E-state index contributed by atoms with van der Waals surface area (Å²) in [6, 6.07) is 6.50. The summed E-state index contributed by atoms with van der Waals surface area (Å²) in [7, 11) is -2.01. The molecule has 9 heteroatoms. The Balaban J connectivity index is 0.00000576. The Morgan fingerprint density at radius 1 is 1.28 bits per heavy atom. The van der Waals surface area contributed by atoms with E-state index in [0.717, 1.165) is 18.6 Å². The van der Waals surface area contributed by atoms with Crippen molar-refractivity contribution < 1.29 is 13.2 Å². The van der Waals surface area contributed by atoms with Crippen molar-refractivity contribution in [3.05, 3.63) is 29.8 Å². The minimum Gasteiger partial charge on any atom is -0.380 e. The predicted molar refractivity (Wildman–Crippen MR) is 112 cm³/mol. The molecule has 0 unspecified atom stereocenters. The van der Waals surface area contributed by atoms with E-state index >= 15 is 0 Å². The summed E-state index contributed by atoms with van der Waals surface area (Å²) in [6.45, 7) is 6.78. The summed E-state index contributed by atoms with van der Waals surface area (Å²) in [5, 5.41) is 11.4. The molecule has 0 aliphatic rings. The maximum Gasteiger partial charge on any atom is 0.238 e. The molecule has 0 saturated carbocycles. The maximum atomic E-state index is 11.4. The smallest absolute Gasteiger partial charge is 0.238 e. The molecule has 0 atom stereocenters. The SMILES string of the molecule is CN=C(NCCOCCC(C)C)NCc1cccc(S(N)(=O)=O)c1.I. The van der Waals surface area contributed by atoms with Crippen molar-refractivity contribution in [1.29, 1.82) is 0 Å². The van der Waals surface area contributed by atoms with E-state index in [9.17, 15) is 8.42 Å². The summed E-state index contributed by atoms with van der Waals surface area (Å²) in [5.74, 6) is 1.27. The quantitative estimate of drug-likeness (QED) is 0.214. The number of benzene rings is 1. The van der Waals surface area contributed by atoms with Crippen LogP contribution in [0.25, 0.3) is 0 Å². The Kier molecular flexibility index (Phi) is 12.0.